The molecule has 0 amide bonds. The van der Waals surface area contributed by atoms with E-state index in [-0.39, 0.29) is 0 Å². The van der Waals surface area contributed by atoms with Crippen molar-refractivity contribution in [1.82, 2.24) is 10.2 Å². The highest BCUT2D eigenvalue weighted by Crippen LogP contribution is 2.15. The first kappa shape index (κ1) is 13.0. The average molecular weight is 212 g/mol. The molecule has 1 rings (SSSR count). The van der Waals surface area contributed by atoms with Crippen LogP contribution < -0.4 is 5.32 Å². The molecule has 0 saturated carbocycles. The normalized spacial score (nSPS) is 30.4. The van der Waals surface area contributed by atoms with E-state index in [9.17, 15) is 0 Å². The Kier molecular flexibility index (Phi) is 5.62. The van der Waals surface area contributed by atoms with Gasteiger partial charge in [-0.25, -0.2) is 0 Å². The van der Waals surface area contributed by atoms with Gasteiger partial charge in [-0.1, -0.05) is 33.6 Å². The first-order valence-electron chi connectivity index (χ1n) is 6.66. The predicted molar refractivity (Wildman–Crippen MR) is 67.2 cm³/mol. The van der Waals surface area contributed by atoms with Crippen molar-refractivity contribution in [1.29, 1.82) is 0 Å². The smallest absolute Gasteiger partial charge is 0.0221 e. The van der Waals surface area contributed by atoms with E-state index < -0.39 is 0 Å². The van der Waals surface area contributed by atoms with Crippen molar-refractivity contribution in [3.05, 3.63) is 0 Å². The van der Waals surface area contributed by atoms with Crippen LogP contribution in [-0.4, -0.2) is 36.6 Å². The van der Waals surface area contributed by atoms with Crippen molar-refractivity contribution < 1.29 is 0 Å². The van der Waals surface area contributed by atoms with Gasteiger partial charge < -0.3 is 5.32 Å². The standard InChI is InChI=1S/C13H28N2/c1-5-7-8-15-10-13(11(3)6-2)14-9-12(15)4/h11-14H,5-10H2,1-4H3. The molecule has 1 aliphatic heterocycles. The molecule has 1 N–H and O–H groups in total. The Labute approximate surface area is 95.4 Å². The fraction of sp³-hybridized carbons (Fsp3) is 1.00. The minimum absolute atomic E-state index is 0.711. The number of hydrogen-bond donors (Lipinski definition) is 1. The SMILES string of the molecule is CCCCN1CC(C(C)CC)NCC1C. The Morgan fingerprint density at radius 1 is 1.40 bits per heavy atom. The Morgan fingerprint density at radius 2 is 2.13 bits per heavy atom. The third-order valence-electron chi connectivity index (χ3n) is 3.86. The number of rotatable bonds is 5. The average Bonchev–Trinajstić information content (AvgIpc) is 2.27. The second-order valence-corrected chi connectivity index (χ2v) is 5.10. The lowest BCUT2D eigenvalue weighted by Gasteiger charge is -2.41. The maximum Gasteiger partial charge on any atom is 0.0221 e. The van der Waals surface area contributed by atoms with Gasteiger partial charge in [-0.3, -0.25) is 4.90 Å². The molecule has 0 aromatic rings. The molecular weight excluding hydrogens is 184 g/mol. The predicted octanol–water partition coefficient (Wildman–Crippen LogP) is 2.49. The van der Waals surface area contributed by atoms with E-state index in [1.165, 1.54) is 38.9 Å². The largest absolute Gasteiger partial charge is 0.311 e. The summed E-state index contributed by atoms with van der Waals surface area (Å²) in [7, 11) is 0. The van der Waals surface area contributed by atoms with Gasteiger partial charge in [0.2, 0.25) is 0 Å². The van der Waals surface area contributed by atoms with Crippen molar-refractivity contribution in [2.45, 2.75) is 59.0 Å². The summed E-state index contributed by atoms with van der Waals surface area (Å²) in [5.74, 6) is 0.807. The van der Waals surface area contributed by atoms with Crippen molar-refractivity contribution in [2.75, 3.05) is 19.6 Å². The number of piperazine rings is 1. The second kappa shape index (κ2) is 6.49. The zero-order valence-corrected chi connectivity index (χ0v) is 10.9. The molecule has 0 aromatic carbocycles. The lowest BCUT2D eigenvalue weighted by molar-refractivity contribution is 0.117. The van der Waals surface area contributed by atoms with Crippen LogP contribution in [0, 0.1) is 5.92 Å². The van der Waals surface area contributed by atoms with Gasteiger partial charge in [0.1, 0.15) is 0 Å². The van der Waals surface area contributed by atoms with Gasteiger partial charge in [-0.15, -0.1) is 0 Å². The van der Waals surface area contributed by atoms with Crippen LogP contribution in [-0.2, 0) is 0 Å². The van der Waals surface area contributed by atoms with Gasteiger partial charge in [0, 0.05) is 25.2 Å². The van der Waals surface area contributed by atoms with Crippen LogP contribution in [0.4, 0.5) is 0 Å². The molecule has 0 aliphatic carbocycles. The molecule has 1 saturated heterocycles. The van der Waals surface area contributed by atoms with Crippen LogP contribution in [0.5, 0.6) is 0 Å². The number of unbranched alkanes of at least 4 members (excludes halogenated alkanes) is 1. The number of hydrogen-bond acceptors (Lipinski definition) is 2. The van der Waals surface area contributed by atoms with Crippen LogP contribution in [0.3, 0.4) is 0 Å². The molecule has 0 aromatic heterocycles. The summed E-state index contributed by atoms with van der Waals surface area (Å²) < 4.78 is 0. The summed E-state index contributed by atoms with van der Waals surface area (Å²) in [6.45, 7) is 13.0. The summed E-state index contributed by atoms with van der Waals surface area (Å²) in [6, 6.07) is 1.43. The molecular formula is C13H28N2. The first-order valence-corrected chi connectivity index (χ1v) is 6.66. The van der Waals surface area contributed by atoms with Crippen LogP contribution in [0.15, 0.2) is 0 Å². The highest BCUT2D eigenvalue weighted by molar-refractivity contribution is 4.86. The maximum atomic E-state index is 3.68. The summed E-state index contributed by atoms with van der Waals surface area (Å²) in [5, 5.41) is 3.68. The van der Waals surface area contributed by atoms with Crippen molar-refractivity contribution in [2.24, 2.45) is 5.92 Å². The van der Waals surface area contributed by atoms with Gasteiger partial charge in [0.25, 0.3) is 0 Å². The fourth-order valence-corrected chi connectivity index (χ4v) is 2.29. The van der Waals surface area contributed by atoms with E-state index in [1.807, 2.05) is 0 Å². The summed E-state index contributed by atoms with van der Waals surface area (Å²) >= 11 is 0. The van der Waals surface area contributed by atoms with Crippen LogP contribution >= 0.6 is 0 Å². The molecule has 2 heteroatoms. The minimum Gasteiger partial charge on any atom is -0.311 e. The molecule has 3 unspecified atom stereocenters. The zero-order valence-electron chi connectivity index (χ0n) is 10.9. The van der Waals surface area contributed by atoms with Crippen LogP contribution in [0.2, 0.25) is 0 Å². The molecule has 0 spiro atoms. The van der Waals surface area contributed by atoms with E-state index in [0.717, 1.165) is 12.0 Å². The zero-order chi connectivity index (χ0) is 11.3. The van der Waals surface area contributed by atoms with Crippen LogP contribution in [0.25, 0.3) is 0 Å². The van der Waals surface area contributed by atoms with E-state index in [1.54, 1.807) is 0 Å². The number of nitrogens with zero attached hydrogens (tertiary/aromatic N) is 1. The Bertz CT molecular complexity index is 170. The fourth-order valence-electron chi connectivity index (χ4n) is 2.29. The Balaban J connectivity index is 2.40. The monoisotopic (exact) mass is 212 g/mol. The lowest BCUT2D eigenvalue weighted by atomic mass is 9.95. The molecule has 1 heterocycles. The number of nitrogens with one attached hydrogen (secondary N) is 1. The Morgan fingerprint density at radius 3 is 2.73 bits per heavy atom. The molecule has 90 valence electrons. The third kappa shape index (κ3) is 3.76. The van der Waals surface area contributed by atoms with Gasteiger partial charge >= 0.3 is 0 Å². The van der Waals surface area contributed by atoms with Gasteiger partial charge in [-0.2, -0.15) is 0 Å². The van der Waals surface area contributed by atoms with E-state index in [2.05, 4.69) is 37.9 Å². The summed E-state index contributed by atoms with van der Waals surface area (Å²) in [4.78, 5) is 2.66. The molecule has 2 nitrogen and oxygen atoms in total. The minimum atomic E-state index is 0.711. The Hall–Kier alpha value is -0.0800. The molecule has 0 radical (unpaired) electrons. The summed E-state index contributed by atoms with van der Waals surface area (Å²) in [6.07, 6.45) is 3.94. The topological polar surface area (TPSA) is 15.3 Å². The maximum absolute atomic E-state index is 3.68. The van der Waals surface area contributed by atoms with Crippen molar-refractivity contribution in [3.8, 4) is 0 Å². The third-order valence-corrected chi connectivity index (χ3v) is 3.86. The summed E-state index contributed by atoms with van der Waals surface area (Å²) in [5.41, 5.74) is 0. The highest BCUT2D eigenvalue weighted by atomic mass is 15.2. The molecule has 1 fully saturated rings. The van der Waals surface area contributed by atoms with Gasteiger partial charge in [0.15, 0.2) is 0 Å². The second-order valence-electron chi connectivity index (χ2n) is 5.10. The van der Waals surface area contributed by atoms with Gasteiger partial charge in [-0.05, 0) is 25.8 Å². The van der Waals surface area contributed by atoms with E-state index in [4.69, 9.17) is 0 Å². The quantitative estimate of drug-likeness (QED) is 0.753. The van der Waals surface area contributed by atoms with Crippen molar-refractivity contribution >= 4 is 0 Å². The van der Waals surface area contributed by atoms with E-state index >= 15 is 0 Å². The van der Waals surface area contributed by atoms with Crippen molar-refractivity contribution in [3.63, 3.8) is 0 Å². The van der Waals surface area contributed by atoms with E-state index in [0.29, 0.717) is 6.04 Å². The van der Waals surface area contributed by atoms with Gasteiger partial charge in [0.05, 0.1) is 0 Å². The first-order chi connectivity index (χ1) is 7.19. The molecule has 1 aliphatic rings. The highest BCUT2D eigenvalue weighted by Gasteiger charge is 2.26. The molecule has 3 atom stereocenters. The molecule has 0 bridgehead atoms. The molecule has 15 heavy (non-hydrogen) atoms. The lowest BCUT2D eigenvalue weighted by Crippen LogP contribution is -2.57. The van der Waals surface area contributed by atoms with Crippen LogP contribution in [0.1, 0.15) is 47.0 Å².